The summed E-state index contributed by atoms with van der Waals surface area (Å²) in [4.78, 5) is 11.0. The first-order valence-electron chi connectivity index (χ1n) is 3.78. The molecule has 0 amide bonds. The van der Waals surface area contributed by atoms with E-state index < -0.39 is 8.07 Å². The second-order valence-electron chi connectivity index (χ2n) is 3.95. The van der Waals surface area contributed by atoms with E-state index in [4.69, 9.17) is 4.74 Å². The molecule has 0 aromatic rings. The van der Waals surface area contributed by atoms with Crippen molar-refractivity contribution in [2.45, 2.75) is 31.5 Å². The van der Waals surface area contributed by atoms with Gasteiger partial charge >= 0.3 is 0 Å². The highest BCUT2D eigenvalue weighted by molar-refractivity contribution is 6.78. The SMILES string of the molecule is C=CC(=O)[C@H]1O[C@@H]1[Si](C)(C)C. The fourth-order valence-electron chi connectivity index (χ4n) is 1.10. The van der Waals surface area contributed by atoms with Gasteiger partial charge in [0.15, 0.2) is 5.78 Å². The third-order valence-corrected chi connectivity index (χ3v) is 3.97. The van der Waals surface area contributed by atoms with E-state index in [2.05, 4.69) is 26.2 Å². The summed E-state index contributed by atoms with van der Waals surface area (Å²) in [5.41, 5.74) is 0.230. The van der Waals surface area contributed by atoms with Crippen LogP contribution in [-0.2, 0) is 9.53 Å². The lowest BCUT2D eigenvalue weighted by Gasteiger charge is -2.10. The van der Waals surface area contributed by atoms with Gasteiger partial charge in [0.05, 0.1) is 13.8 Å². The molecule has 1 rings (SSSR count). The first kappa shape index (κ1) is 8.68. The summed E-state index contributed by atoms with van der Waals surface area (Å²) in [5, 5.41) is 0. The molecule has 0 aromatic carbocycles. The summed E-state index contributed by atoms with van der Waals surface area (Å²) in [7, 11) is -1.26. The van der Waals surface area contributed by atoms with E-state index in [0.29, 0.717) is 0 Å². The number of ketones is 1. The van der Waals surface area contributed by atoms with Crippen LogP contribution in [0.2, 0.25) is 19.6 Å². The third kappa shape index (κ3) is 1.78. The van der Waals surface area contributed by atoms with E-state index in [-0.39, 0.29) is 17.6 Å². The zero-order valence-corrected chi connectivity index (χ0v) is 8.26. The Kier molecular flexibility index (Phi) is 2.03. The van der Waals surface area contributed by atoms with Gasteiger partial charge in [-0.25, -0.2) is 0 Å². The number of hydrogen-bond donors (Lipinski definition) is 0. The zero-order valence-electron chi connectivity index (χ0n) is 7.26. The lowest BCUT2D eigenvalue weighted by molar-refractivity contribution is -0.115. The molecule has 0 aromatic heterocycles. The molecule has 2 atom stereocenters. The monoisotopic (exact) mass is 170 g/mol. The highest BCUT2D eigenvalue weighted by atomic mass is 28.3. The number of rotatable bonds is 3. The molecule has 2 nitrogen and oxygen atoms in total. The fourth-order valence-corrected chi connectivity index (χ4v) is 2.73. The standard InChI is InChI=1S/C8H14O2Si/c1-5-6(9)7-8(10-7)11(2,3)4/h5,7-8H,1H2,2-4H3/t7-,8-/m1/s1. The predicted molar refractivity (Wildman–Crippen MR) is 47.2 cm³/mol. The maximum Gasteiger partial charge on any atom is 0.186 e. The third-order valence-electron chi connectivity index (χ3n) is 1.83. The van der Waals surface area contributed by atoms with E-state index in [1.54, 1.807) is 0 Å². The second-order valence-corrected chi connectivity index (χ2v) is 9.25. The second kappa shape index (κ2) is 2.57. The summed E-state index contributed by atoms with van der Waals surface area (Å²) in [5.74, 6) is 0.0393. The van der Waals surface area contributed by atoms with Crippen molar-refractivity contribution in [3.8, 4) is 0 Å². The number of carbonyl (C=O) groups is 1. The topological polar surface area (TPSA) is 29.6 Å². The van der Waals surface area contributed by atoms with Crippen LogP contribution < -0.4 is 0 Å². The van der Waals surface area contributed by atoms with Crippen molar-refractivity contribution >= 4 is 13.9 Å². The van der Waals surface area contributed by atoms with Crippen LogP contribution in [-0.4, -0.2) is 25.7 Å². The van der Waals surface area contributed by atoms with Crippen molar-refractivity contribution in [2.24, 2.45) is 0 Å². The van der Waals surface area contributed by atoms with Crippen LogP contribution in [0.25, 0.3) is 0 Å². The molecule has 1 heterocycles. The Labute approximate surface area is 68.3 Å². The molecule has 0 unspecified atom stereocenters. The first-order valence-corrected chi connectivity index (χ1v) is 7.36. The van der Waals surface area contributed by atoms with Crippen LogP contribution in [0.4, 0.5) is 0 Å². The molecule has 0 bridgehead atoms. The molecular formula is C8H14O2Si. The van der Waals surface area contributed by atoms with Crippen LogP contribution in [0, 0.1) is 0 Å². The van der Waals surface area contributed by atoms with Gasteiger partial charge in [-0.05, 0) is 6.08 Å². The van der Waals surface area contributed by atoms with Crippen molar-refractivity contribution in [2.75, 3.05) is 0 Å². The molecule has 11 heavy (non-hydrogen) atoms. The van der Waals surface area contributed by atoms with Crippen molar-refractivity contribution < 1.29 is 9.53 Å². The maximum absolute atomic E-state index is 11.0. The maximum atomic E-state index is 11.0. The highest BCUT2D eigenvalue weighted by Gasteiger charge is 2.51. The van der Waals surface area contributed by atoms with E-state index in [9.17, 15) is 4.79 Å². The summed E-state index contributed by atoms with van der Waals surface area (Å²) >= 11 is 0. The first-order chi connectivity index (χ1) is 4.96. The minimum absolute atomic E-state index is 0.0393. The van der Waals surface area contributed by atoms with Gasteiger partial charge in [0.25, 0.3) is 0 Å². The van der Waals surface area contributed by atoms with Gasteiger partial charge in [-0.15, -0.1) is 0 Å². The van der Waals surface area contributed by atoms with E-state index in [0.717, 1.165) is 0 Å². The molecule has 62 valence electrons. The summed E-state index contributed by atoms with van der Waals surface area (Å²) in [6.45, 7) is 10.0. The summed E-state index contributed by atoms with van der Waals surface area (Å²) in [6.07, 6.45) is 1.20. The lowest BCUT2D eigenvalue weighted by Crippen LogP contribution is -2.31. The average molecular weight is 170 g/mol. The molecule has 3 heteroatoms. The molecule has 0 saturated carbocycles. The molecule has 1 aliphatic rings. The molecule has 0 radical (unpaired) electrons. The molecule has 0 spiro atoms. The predicted octanol–water partition coefficient (Wildman–Crippen LogP) is 1.39. The summed E-state index contributed by atoms with van der Waals surface area (Å²) < 4.78 is 5.28. The Bertz CT molecular complexity index is 193. The number of epoxide rings is 1. The van der Waals surface area contributed by atoms with Crippen molar-refractivity contribution in [3.63, 3.8) is 0 Å². The van der Waals surface area contributed by atoms with Crippen LogP contribution in [0.5, 0.6) is 0 Å². The molecular weight excluding hydrogens is 156 g/mol. The van der Waals surface area contributed by atoms with Crippen LogP contribution in [0.1, 0.15) is 0 Å². The van der Waals surface area contributed by atoms with Gasteiger partial charge in [-0.1, -0.05) is 26.2 Å². The Morgan fingerprint density at radius 2 is 2.09 bits per heavy atom. The van der Waals surface area contributed by atoms with E-state index in [1.807, 2.05) is 0 Å². The van der Waals surface area contributed by atoms with Crippen molar-refractivity contribution in [1.29, 1.82) is 0 Å². The Hall–Kier alpha value is -0.413. The smallest absolute Gasteiger partial charge is 0.186 e. The van der Waals surface area contributed by atoms with Crippen LogP contribution in [0.15, 0.2) is 12.7 Å². The number of ether oxygens (including phenoxy) is 1. The minimum atomic E-state index is -1.26. The lowest BCUT2D eigenvalue weighted by atomic mass is 10.3. The van der Waals surface area contributed by atoms with Crippen molar-refractivity contribution in [3.05, 3.63) is 12.7 Å². The van der Waals surface area contributed by atoms with Gasteiger partial charge in [0.2, 0.25) is 0 Å². The van der Waals surface area contributed by atoms with Crippen LogP contribution in [0.3, 0.4) is 0 Å². The normalized spacial score (nSPS) is 29.7. The van der Waals surface area contributed by atoms with E-state index in [1.165, 1.54) is 6.08 Å². The zero-order chi connectivity index (χ0) is 8.65. The van der Waals surface area contributed by atoms with E-state index >= 15 is 0 Å². The Morgan fingerprint density at radius 1 is 1.55 bits per heavy atom. The molecule has 1 fully saturated rings. The average Bonchev–Trinajstić information content (AvgIpc) is 2.62. The Morgan fingerprint density at radius 3 is 2.36 bits per heavy atom. The van der Waals surface area contributed by atoms with Gasteiger partial charge in [0, 0.05) is 0 Å². The van der Waals surface area contributed by atoms with Gasteiger partial charge in [-0.2, -0.15) is 0 Å². The Balaban J connectivity index is 2.50. The summed E-state index contributed by atoms with van der Waals surface area (Å²) in [6, 6.07) is 0. The van der Waals surface area contributed by atoms with Gasteiger partial charge in [0.1, 0.15) is 6.10 Å². The molecule has 0 aliphatic carbocycles. The molecule has 1 aliphatic heterocycles. The molecule has 0 N–H and O–H groups in total. The number of carbonyl (C=O) groups excluding carboxylic acids is 1. The van der Waals surface area contributed by atoms with Gasteiger partial charge < -0.3 is 4.74 Å². The minimum Gasteiger partial charge on any atom is -0.365 e. The number of hydrogen-bond acceptors (Lipinski definition) is 2. The van der Waals surface area contributed by atoms with Crippen molar-refractivity contribution in [1.82, 2.24) is 0 Å². The quantitative estimate of drug-likeness (QED) is 0.364. The van der Waals surface area contributed by atoms with Gasteiger partial charge in [-0.3, -0.25) is 4.79 Å². The fraction of sp³-hybridized carbons (Fsp3) is 0.625. The highest BCUT2D eigenvalue weighted by Crippen LogP contribution is 2.31. The van der Waals surface area contributed by atoms with Crippen LogP contribution >= 0.6 is 0 Å². The largest absolute Gasteiger partial charge is 0.365 e. The molecule has 1 saturated heterocycles.